The Morgan fingerprint density at radius 2 is 1.83 bits per heavy atom. The fourth-order valence-corrected chi connectivity index (χ4v) is 4.56. The van der Waals surface area contributed by atoms with Crippen molar-refractivity contribution in [2.24, 2.45) is 5.92 Å². The van der Waals surface area contributed by atoms with E-state index in [0.717, 1.165) is 36.6 Å². The maximum atomic E-state index is 13.8. The molecule has 2 aromatic carbocycles. The molecule has 1 aromatic heterocycles. The van der Waals surface area contributed by atoms with E-state index in [-0.39, 0.29) is 17.8 Å². The lowest BCUT2D eigenvalue weighted by Crippen LogP contribution is -2.39. The van der Waals surface area contributed by atoms with Gasteiger partial charge in [0.05, 0.1) is 5.52 Å². The van der Waals surface area contributed by atoms with E-state index < -0.39 is 0 Å². The van der Waals surface area contributed by atoms with E-state index >= 15 is 0 Å². The van der Waals surface area contributed by atoms with Crippen LogP contribution in [0.15, 0.2) is 54.7 Å². The summed E-state index contributed by atoms with van der Waals surface area (Å²) in [6, 6.07) is 13.9. The van der Waals surface area contributed by atoms with Crippen LogP contribution in [0.5, 0.6) is 0 Å². The standard InChI is InChI=1S/C24H24ClFN2O/c1-15(28-24(29)18-6-8-19(25)9-7-18)16-2-4-17(5-3-16)21-12-13-27-23-11-10-20(26)14-22(21)23/h6-17H,2-5H2,1H3,(H,28,29)/t15-,16-,17+/m1/s1. The number of aromatic nitrogens is 1. The molecular formula is C24H24ClFN2O. The number of nitrogens with one attached hydrogen (secondary N) is 1. The Morgan fingerprint density at radius 3 is 2.55 bits per heavy atom. The van der Waals surface area contributed by atoms with Gasteiger partial charge in [-0.05, 0) is 98.5 Å². The predicted octanol–water partition coefficient (Wildman–Crippen LogP) is 6.12. The van der Waals surface area contributed by atoms with Gasteiger partial charge < -0.3 is 5.32 Å². The van der Waals surface area contributed by atoms with Gasteiger partial charge in [-0.15, -0.1) is 0 Å². The highest BCUT2D eigenvalue weighted by Gasteiger charge is 2.28. The van der Waals surface area contributed by atoms with Crippen molar-refractivity contribution in [3.63, 3.8) is 0 Å². The highest BCUT2D eigenvalue weighted by Crippen LogP contribution is 2.39. The van der Waals surface area contributed by atoms with Gasteiger partial charge in [-0.3, -0.25) is 9.78 Å². The van der Waals surface area contributed by atoms with E-state index in [9.17, 15) is 9.18 Å². The Bertz CT molecular complexity index is 1010. The lowest BCUT2D eigenvalue weighted by atomic mass is 9.75. The zero-order chi connectivity index (χ0) is 20.4. The molecule has 3 aromatic rings. The lowest BCUT2D eigenvalue weighted by molar-refractivity contribution is 0.0918. The Hall–Kier alpha value is -2.46. The largest absolute Gasteiger partial charge is 0.349 e. The zero-order valence-electron chi connectivity index (χ0n) is 16.4. The normalized spacial score (nSPS) is 20.4. The number of pyridine rings is 1. The SMILES string of the molecule is C[C@@H](NC(=O)c1ccc(Cl)cc1)[C@H]1CC[C@@H](c2ccnc3ccc(F)cc32)CC1. The summed E-state index contributed by atoms with van der Waals surface area (Å²) in [5, 5.41) is 4.67. The summed E-state index contributed by atoms with van der Waals surface area (Å²) in [5.74, 6) is 0.552. The Morgan fingerprint density at radius 1 is 1.10 bits per heavy atom. The van der Waals surface area contributed by atoms with Gasteiger partial charge in [-0.2, -0.15) is 0 Å². The molecule has 1 fully saturated rings. The van der Waals surface area contributed by atoms with Crippen molar-refractivity contribution in [1.29, 1.82) is 0 Å². The quantitative estimate of drug-likeness (QED) is 0.563. The average Bonchev–Trinajstić information content (AvgIpc) is 2.74. The number of halogens is 2. The van der Waals surface area contributed by atoms with Crippen LogP contribution in [-0.2, 0) is 0 Å². The van der Waals surface area contributed by atoms with E-state index in [1.165, 1.54) is 11.6 Å². The Kier molecular flexibility index (Phi) is 5.81. The third-order valence-corrected chi connectivity index (χ3v) is 6.37. The number of benzene rings is 2. The van der Waals surface area contributed by atoms with Crippen LogP contribution in [0.4, 0.5) is 4.39 Å². The summed E-state index contributed by atoms with van der Waals surface area (Å²) in [4.78, 5) is 16.8. The van der Waals surface area contributed by atoms with E-state index in [4.69, 9.17) is 11.6 Å². The van der Waals surface area contributed by atoms with E-state index in [1.807, 2.05) is 12.3 Å². The first-order valence-electron chi connectivity index (χ1n) is 10.1. The zero-order valence-corrected chi connectivity index (χ0v) is 17.1. The molecule has 1 heterocycles. The van der Waals surface area contributed by atoms with Gasteiger partial charge >= 0.3 is 0 Å². The molecule has 0 aliphatic heterocycles. The van der Waals surface area contributed by atoms with Crippen molar-refractivity contribution < 1.29 is 9.18 Å². The minimum atomic E-state index is -0.223. The molecule has 3 nitrogen and oxygen atoms in total. The molecule has 0 radical (unpaired) electrons. The number of nitrogens with zero attached hydrogens (tertiary/aromatic N) is 1. The highest BCUT2D eigenvalue weighted by atomic mass is 35.5. The topological polar surface area (TPSA) is 42.0 Å². The molecule has 1 amide bonds. The summed E-state index contributed by atoms with van der Waals surface area (Å²) in [7, 11) is 0. The van der Waals surface area contributed by atoms with Gasteiger partial charge in [0.15, 0.2) is 0 Å². The molecule has 1 atom stereocenters. The Labute approximate surface area is 175 Å². The van der Waals surface area contributed by atoms with Crippen molar-refractivity contribution in [2.45, 2.75) is 44.6 Å². The minimum Gasteiger partial charge on any atom is -0.349 e. The second-order valence-electron chi connectivity index (χ2n) is 7.94. The monoisotopic (exact) mass is 410 g/mol. The number of rotatable bonds is 4. The third kappa shape index (κ3) is 4.43. The molecular weight excluding hydrogens is 387 g/mol. The molecule has 0 bridgehead atoms. The van der Waals surface area contributed by atoms with Crippen LogP contribution < -0.4 is 5.32 Å². The number of hydrogen-bond donors (Lipinski definition) is 1. The van der Waals surface area contributed by atoms with Gasteiger partial charge in [0.25, 0.3) is 5.91 Å². The molecule has 0 saturated heterocycles. The maximum absolute atomic E-state index is 13.8. The minimum absolute atomic E-state index is 0.0631. The highest BCUT2D eigenvalue weighted by molar-refractivity contribution is 6.30. The molecule has 0 spiro atoms. The summed E-state index contributed by atoms with van der Waals surface area (Å²) < 4.78 is 13.8. The van der Waals surface area contributed by atoms with Crippen LogP contribution >= 0.6 is 11.6 Å². The Balaban J connectivity index is 1.40. The molecule has 150 valence electrons. The van der Waals surface area contributed by atoms with E-state index in [0.29, 0.717) is 22.4 Å². The fourth-order valence-electron chi connectivity index (χ4n) is 4.44. The van der Waals surface area contributed by atoms with Crippen LogP contribution in [-0.4, -0.2) is 16.9 Å². The number of fused-ring (bicyclic) bond motifs is 1. The van der Waals surface area contributed by atoms with Crippen LogP contribution in [0, 0.1) is 11.7 Å². The first-order valence-corrected chi connectivity index (χ1v) is 10.5. The van der Waals surface area contributed by atoms with Crippen LogP contribution in [0.25, 0.3) is 10.9 Å². The van der Waals surface area contributed by atoms with Crippen molar-refractivity contribution in [3.8, 4) is 0 Å². The predicted molar refractivity (Wildman–Crippen MR) is 115 cm³/mol. The van der Waals surface area contributed by atoms with Gasteiger partial charge in [-0.25, -0.2) is 4.39 Å². The molecule has 0 unspecified atom stereocenters. The van der Waals surface area contributed by atoms with Crippen molar-refractivity contribution in [3.05, 3.63) is 76.7 Å². The van der Waals surface area contributed by atoms with Crippen LogP contribution in [0.2, 0.25) is 5.02 Å². The number of hydrogen-bond acceptors (Lipinski definition) is 2. The van der Waals surface area contributed by atoms with E-state index in [1.54, 1.807) is 36.4 Å². The van der Waals surface area contributed by atoms with Gasteiger partial charge in [0.1, 0.15) is 5.82 Å². The summed E-state index contributed by atoms with van der Waals surface area (Å²) in [6.45, 7) is 2.08. The molecule has 1 N–H and O–H groups in total. The molecule has 1 aliphatic carbocycles. The number of amides is 1. The molecule has 5 heteroatoms. The van der Waals surface area contributed by atoms with Crippen molar-refractivity contribution in [2.75, 3.05) is 0 Å². The van der Waals surface area contributed by atoms with Crippen LogP contribution in [0.1, 0.15) is 54.4 Å². The molecule has 1 aliphatic rings. The van der Waals surface area contributed by atoms with Gasteiger partial charge in [0.2, 0.25) is 0 Å². The number of carbonyl (C=O) groups is 1. The smallest absolute Gasteiger partial charge is 0.251 e. The van der Waals surface area contributed by atoms with Crippen LogP contribution in [0.3, 0.4) is 0 Å². The second-order valence-corrected chi connectivity index (χ2v) is 8.38. The van der Waals surface area contributed by atoms with Gasteiger partial charge in [0, 0.05) is 28.2 Å². The first-order chi connectivity index (χ1) is 14.0. The van der Waals surface area contributed by atoms with Crippen molar-refractivity contribution >= 4 is 28.4 Å². The maximum Gasteiger partial charge on any atom is 0.251 e. The lowest BCUT2D eigenvalue weighted by Gasteiger charge is -2.33. The number of carbonyl (C=O) groups excluding carboxylic acids is 1. The summed E-state index contributed by atoms with van der Waals surface area (Å²) in [6.07, 6.45) is 5.94. The third-order valence-electron chi connectivity index (χ3n) is 6.12. The summed E-state index contributed by atoms with van der Waals surface area (Å²) >= 11 is 5.90. The fraction of sp³-hybridized carbons (Fsp3) is 0.333. The second kappa shape index (κ2) is 8.50. The average molecular weight is 411 g/mol. The molecule has 29 heavy (non-hydrogen) atoms. The van der Waals surface area contributed by atoms with E-state index in [2.05, 4.69) is 17.2 Å². The molecule has 4 rings (SSSR count). The van der Waals surface area contributed by atoms with Crippen molar-refractivity contribution in [1.82, 2.24) is 10.3 Å². The van der Waals surface area contributed by atoms with Gasteiger partial charge in [-0.1, -0.05) is 11.6 Å². The first kappa shape index (κ1) is 19.8. The summed E-state index contributed by atoms with van der Waals surface area (Å²) in [5.41, 5.74) is 2.65. The molecule has 1 saturated carbocycles.